The van der Waals surface area contributed by atoms with Crippen LogP contribution in [0.5, 0.6) is 5.75 Å². The van der Waals surface area contributed by atoms with Gasteiger partial charge in [0.2, 0.25) is 0 Å². The Hall–Kier alpha value is -1.96. The van der Waals surface area contributed by atoms with E-state index >= 15 is 0 Å². The number of fused-ring (bicyclic) bond motifs is 1. The van der Waals surface area contributed by atoms with Gasteiger partial charge in [-0.2, -0.15) is 0 Å². The molecular weight excluding hydrogens is 296 g/mol. The molecule has 3 heterocycles. The number of hydrogen-bond acceptors (Lipinski definition) is 6. The van der Waals surface area contributed by atoms with Crippen LogP contribution >= 0.6 is 0 Å². The number of β-amino-alcohol motifs (C(OH)–C–C–N with tert-alkyl or cyclic N) is 1. The van der Waals surface area contributed by atoms with E-state index in [1.807, 2.05) is 6.07 Å². The van der Waals surface area contributed by atoms with Crippen LogP contribution in [-0.4, -0.2) is 58.4 Å². The number of aliphatic hydroxyl groups is 1. The van der Waals surface area contributed by atoms with Crippen molar-refractivity contribution >= 4 is 11.0 Å². The predicted molar refractivity (Wildman–Crippen MR) is 87.6 cm³/mol. The van der Waals surface area contributed by atoms with Crippen LogP contribution in [0.25, 0.3) is 11.0 Å². The van der Waals surface area contributed by atoms with Crippen molar-refractivity contribution in [2.75, 3.05) is 26.7 Å². The molecule has 0 amide bonds. The molecule has 2 aromatic heterocycles. The molecule has 0 radical (unpaired) electrons. The first-order chi connectivity index (χ1) is 11.1. The highest BCUT2D eigenvalue weighted by Gasteiger charge is 2.24. The fourth-order valence-electron chi connectivity index (χ4n) is 2.95. The van der Waals surface area contributed by atoms with Gasteiger partial charge in [0.1, 0.15) is 5.75 Å². The molecule has 1 saturated heterocycles. The van der Waals surface area contributed by atoms with Gasteiger partial charge in [-0.25, -0.2) is 0 Å². The van der Waals surface area contributed by atoms with Gasteiger partial charge in [-0.15, -0.1) is 0 Å². The fourth-order valence-corrected chi connectivity index (χ4v) is 2.95. The third-order valence-electron chi connectivity index (χ3n) is 4.41. The fraction of sp³-hybridized carbons (Fsp3) is 0.500. The smallest absolute Gasteiger partial charge is 0.251 e. The number of piperidine rings is 1. The van der Waals surface area contributed by atoms with Gasteiger partial charge in [0.05, 0.1) is 30.4 Å². The van der Waals surface area contributed by atoms with Gasteiger partial charge >= 0.3 is 0 Å². The Labute approximate surface area is 134 Å². The number of nitrogens with two attached hydrogens (primary N) is 1. The predicted octanol–water partition coefficient (Wildman–Crippen LogP) is -0.201. The Bertz CT molecular complexity index is 746. The second-order valence-corrected chi connectivity index (χ2v) is 5.92. The first-order valence-corrected chi connectivity index (χ1v) is 7.78. The largest absolute Gasteiger partial charge is 0.495 e. The first kappa shape index (κ1) is 15.9. The normalized spacial score (nSPS) is 22.4. The highest BCUT2D eigenvalue weighted by Crippen LogP contribution is 2.17. The lowest BCUT2D eigenvalue weighted by molar-refractivity contribution is 0.0520. The van der Waals surface area contributed by atoms with Crippen molar-refractivity contribution in [3.8, 4) is 5.75 Å². The Balaban J connectivity index is 1.82. The van der Waals surface area contributed by atoms with E-state index < -0.39 is 6.10 Å². The molecule has 1 aliphatic rings. The number of rotatable bonds is 4. The maximum absolute atomic E-state index is 12.2. The Morgan fingerprint density at radius 1 is 1.43 bits per heavy atom. The monoisotopic (exact) mass is 318 g/mol. The van der Waals surface area contributed by atoms with Crippen LogP contribution in [0.1, 0.15) is 6.42 Å². The van der Waals surface area contributed by atoms with E-state index in [0.717, 1.165) is 24.0 Å². The van der Waals surface area contributed by atoms with Gasteiger partial charge in [-0.1, -0.05) is 0 Å². The summed E-state index contributed by atoms with van der Waals surface area (Å²) in [4.78, 5) is 18.7. The molecule has 0 unspecified atom stereocenters. The van der Waals surface area contributed by atoms with Crippen LogP contribution in [0.3, 0.4) is 0 Å². The Morgan fingerprint density at radius 2 is 2.26 bits per heavy atom. The van der Waals surface area contributed by atoms with E-state index in [1.54, 1.807) is 23.9 Å². The number of nitrogens with zero attached hydrogens (tertiary/aromatic N) is 3. The average Bonchev–Trinajstić information content (AvgIpc) is 2.56. The van der Waals surface area contributed by atoms with E-state index in [9.17, 15) is 9.90 Å². The van der Waals surface area contributed by atoms with Crippen LogP contribution in [0.4, 0.5) is 0 Å². The minimum Gasteiger partial charge on any atom is -0.495 e. The number of pyridine rings is 2. The molecule has 3 rings (SSSR count). The number of hydrogen-bond donors (Lipinski definition) is 2. The molecule has 0 saturated carbocycles. The topological polar surface area (TPSA) is 93.6 Å². The zero-order valence-corrected chi connectivity index (χ0v) is 13.2. The molecule has 0 aromatic carbocycles. The molecule has 1 aliphatic heterocycles. The van der Waals surface area contributed by atoms with Crippen molar-refractivity contribution in [1.82, 2.24) is 14.5 Å². The van der Waals surface area contributed by atoms with Crippen molar-refractivity contribution < 1.29 is 9.84 Å². The zero-order valence-electron chi connectivity index (χ0n) is 13.2. The lowest BCUT2D eigenvalue weighted by atomic mass is 10.0. The number of methoxy groups -OCH3 is 1. The van der Waals surface area contributed by atoms with E-state index in [2.05, 4.69) is 9.88 Å². The summed E-state index contributed by atoms with van der Waals surface area (Å²) >= 11 is 0. The van der Waals surface area contributed by atoms with E-state index in [1.165, 1.54) is 6.07 Å². The summed E-state index contributed by atoms with van der Waals surface area (Å²) in [7, 11) is 1.58. The third-order valence-corrected chi connectivity index (χ3v) is 4.41. The highest BCUT2D eigenvalue weighted by molar-refractivity contribution is 5.75. The van der Waals surface area contributed by atoms with Crippen LogP contribution in [0.2, 0.25) is 0 Å². The van der Waals surface area contributed by atoms with Crippen molar-refractivity contribution in [2.45, 2.75) is 25.1 Å². The van der Waals surface area contributed by atoms with Gasteiger partial charge < -0.3 is 20.1 Å². The SMILES string of the molecule is COc1cnc2ccc(=O)n(CCN3CC[C@@H](N)[C@@H](O)C3)c2c1. The van der Waals surface area contributed by atoms with Gasteiger partial charge in [-0.3, -0.25) is 14.7 Å². The summed E-state index contributed by atoms with van der Waals surface area (Å²) in [6.45, 7) is 2.59. The highest BCUT2D eigenvalue weighted by atomic mass is 16.5. The lowest BCUT2D eigenvalue weighted by Gasteiger charge is -2.34. The van der Waals surface area contributed by atoms with Gasteiger partial charge in [0, 0.05) is 37.8 Å². The summed E-state index contributed by atoms with van der Waals surface area (Å²) in [6, 6.07) is 4.92. The van der Waals surface area contributed by atoms with E-state index in [4.69, 9.17) is 10.5 Å². The number of likely N-dealkylation sites (tertiary alicyclic amines) is 1. The molecule has 0 aliphatic carbocycles. The summed E-state index contributed by atoms with van der Waals surface area (Å²) in [5.74, 6) is 0.621. The number of aliphatic hydroxyl groups excluding tert-OH is 1. The molecular formula is C16H22N4O3. The van der Waals surface area contributed by atoms with Crippen LogP contribution in [0, 0.1) is 0 Å². The van der Waals surface area contributed by atoms with E-state index in [0.29, 0.717) is 25.4 Å². The Morgan fingerprint density at radius 3 is 3.00 bits per heavy atom. The zero-order chi connectivity index (χ0) is 16.4. The van der Waals surface area contributed by atoms with Crippen LogP contribution in [0.15, 0.2) is 29.2 Å². The van der Waals surface area contributed by atoms with Crippen LogP contribution in [-0.2, 0) is 6.54 Å². The van der Waals surface area contributed by atoms with E-state index in [-0.39, 0.29) is 11.6 Å². The molecule has 0 bridgehead atoms. The summed E-state index contributed by atoms with van der Waals surface area (Å²) in [6.07, 6.45) is 1.90. The third kappa shape index (κ3) is 3.36. The van der Waals surface area contributed by atoms with Gasteiger partial charge in [-0.05, 0) is 19.0 Å². The van der Waals surface area contributed by atoms with Crippen molar-refractivity contribution in [3.05, 3.63) is 34.7 Å². The molecule has 2 atom stereocenters. The molecule has 124 valence electrons. The maximum Gasteiger partial charge on any atom is 0.251 e. The molecule has 3 N–H and O–H groups in total. The Kier molecular flexibility index (Phi) is 4.61. The number of ether oxygens (including phenoxy) is 1. The summed E-state index contributed by atoms with van der Waals surface area (Å²) < 4.78 is 6.90. The molecule has 7 heteroatoms. The van der Waals surface area contributed by atoms with Gasteiger partial charge in [0.25, 0.3) is 5.56 Å². The molecule has 0 spiro atoms. The average molecular weight is 318 g/mol. The quantitative estimate of drug-likeness (QED) is 0.811. The van der Waals surface area contributed by atoms with Crippen molar-refractivity contribution in [2.24, 2.45) is 5.73 Å². The van der Waals surface area contributed by atoms with Gasteiger partial charge in [0.15, 0.2) is 0 Å². The minimum absolute atomic E-state index is 0.0678. The van der Waals surface area contributed by atoms with Crippen molar-refractivity contribution in [3.63, 3.8) is 0 Å². The number of aromatic nitrogens is 2. The summed E-state index contributed by atoms with van der Waals surface area (Å²) in [5.41, 5.74) is 7.27. The van der Waals surface area contributed by atoms with Crippen LogP contribution < -0.4 is 16.0 Å². The minimum atomic E-state index is -0.505. The maximum atomic E-state index is 12.2. The lowest BCUT2D eigenvalue weighted by Crippen LogP contribution is -2.51. The first-order valence-electron chi connectivity index (χ1n) is 7.78. The second kappa shape index (κ2) is 6.66. The summed E-state index contributed by atoms with van der Waals surface area (Å²) in [5, 5.41) is 9.88. The van der Waals surface area contributed by atoms with Crippen molar-refractivity contribution in [1.29, 1.82) is 0 Å². The molecule has 7 nitrogen and oxygen atoms in total. The molecule has 23 heavy (non-hydrogen) atoms. The molecule has 1 fully saturated rings. The standard InChI is InChI=1S/C16H22N4O3/c1-23-11-8-14-13(18-9-11)2-3-16(22)20(14)7-6-19-5-4-12(17)15(21)10-19/h2-3,8-9,12,15,21H,4-7,10,17H2,1H3/t12-,15+/m1/s1. The molecule has 2 aromatic rings. The second-order valence-electron chi connectivity index (χ2n) is 5.92.